The lowest BCUT2D eigenvalue weighted by molar-refractivity contribution is 0.0930. The van der Waals surface area contributed by atoms with E-state index in [1.54, 1.807) is 0 Å². The molecule has 174 valence electrons. The van der Waals surface area contributed by atoms with E-state index in [1.807, 2.05) is 37.3 Å². The highest BCUT2D eigenvalue weighted by atomic mass is 16.5. The lowest BCUT2D eigenvalue weighted by Crippen LogP contribution is -2.35. The molecule has 32 heavy (non-hydrogen) atoms. The van der Waals surface area contributed by atoms with Crippen LogP contribution in [-0.2, 0) is 12.0 Å². The Labute approximate surface area is 193 Å². The zero-order chi connectivity index (χ0) is 23.0. The second-order valence-corrected chi connectivity index (χ2v) is 9.83. The first-order valence-electron chi connectivity index (χ1n) is 12.2. The molecule has 1 fully saturated rings. The molecule has 1 N–H and O–H groups in total. The first-order chi connectivity index (χ1) is 15.4. The van der Waals surface area contributed by atoms with Crippen molar-refractivity contribution < 1.29 is 14.3 Å². The molecule has 0 heterocycles. The lowest BCUT2D eigenvalue weighted by atomic mass is 9.87. The van der Waals surface area contributed by atoms with Crippen molar-refractivity contribution in [2.24, 2.45) is 0 Å². The maximum atomic E-state index is 12.9. The van der Waals surface area contributed by atoms with Gasteiger partial charge in [0.1, 0.15) is 18.1 Å². The van der Waals surface area contributed by atoms with Crippen LogP contribution in [0.25, 0.3) is 0 Å². The number of hydrogen-bond acceptors (Lipinski definition) is 3. The SMILES string of the molecule is CCOc1ccc(C(=O)NC2CCCCCCC2)cc1COc1ccc(C(C)(C)C)cc1. The molecule has 3 rings (SSSR count). The van der Waals surface area contributed by atoms with Crippen LogP contribution >= 0.6 is 0 Å². The molecule has 1 amide bonds. The molecule has 4 nitrogen and oxygen atoms in total. The zero-order valence-electron chi connectivity index (χ0n) is 20.2. The minimum Gasteiger partial charge on any atom is -0.493 e. The second-order valence-electron chi connectivity index (χ2n) is 9.83. The minimum atomic E-state index is -0.00518. The molecule has 1 aliphatic rings. The van der Waals surface area contributed by atoms with Crippen LogP contribution in [0.5, 0.6) is 11.5 Å². The molecule has 1 aliphatic carbocycles. The second kappa shape index (κ2) is 11.4. The van der Waals surface area contributed by atoms with Crippen molar-refractivity contribution in [2.75, 3.05) is 6.61 Å². The number of carbonyl (C=O) groups is 1. The Morgan fingerprint density at radius 2 is 1.59 bits per heavy atom. The minimum absolute atomic E-state index is 0.00518. The summed E-state index contributed by atoms with van der Waals surface area (Å²) in [5.41, 5.74) is 2.93. The summed E-state index contributed by atoms with van der Waals surface area (Å²) in [6, 6.07) is 14.2. The van der Waals surface area contributed by atoms with Crippen LogP contribution in [0.4, 0.5) is 0 Å². The van der Waals surface area contributed by atoms with Gasteiger partial charge in [-0.1, -0.05) is 65.0 Å². The van der Waals surface area contributed by atoms with Crippen LogP contribution in [0.1, 0.15) is 94.1 Å². The molecule has 0 saturated heterocycles. The number of hydrogen-bond donors (Lipinski definition) is 1. The Morgan fingerprint density at radius 1 is 0.938 bits per heavy atom. The van der Waals surface area contributed by atoms with E-state index in [9.17, 15) is 4.79 Å². The standard InChI is InChI=1S/C28H39NO3/c1-5-31-26-18-13-21(27(30)29-24-11-9-7-6-8-10-12-24)19-22(26)20-32-25-16-14-23(15-17-25)28(2,3)4/h13-19,24H,5-12,20H2,1-4H3,(H,29,30). The van der Waals surface area contributed by atoms with E-state index >= 15 is 0 Å². The summed E-state index contributed by atoms with van der Waals surface area (Å²) in [5, 5.41) is 3.26. The summed E-state index contributed by atoms with van der Waals surface area (Å²) in [6.07, 6.45) is 8.40. The Hall–Kier alpha value is -2.49. The number of amides is 1. The van der Waals surface area contributed by atoms with Gasteiger partial charge < -0.3 is 14.8 Å². The van der Waals surface area contributed by atoms with E-state index < -0.39 is 0 Å². The van der Waals surface area contributed by atoms with Crippen LogP contribution in [-0.4, -0.2) is 18.6 Å². The maximum Gasteiger partial charge on any atom is 0.251 e. The molecule has 0 atom stereocenters. The molecule has 0 aliphatic heterocycles. The smallest absolute Gasteiger partial charge is 0.251 e. The van der Waals surface area contributed by atoms with Gasteiger partial charge in [0.2, 0.25) is 0 Å². The first kappa shape index (κ1) is 24.2. The Morgan fingerprint density at radius 3 is 2.22 bits per heavy atom. The molecule has 2 aromatic carbocycles. The number of benzene rings is 2. The zero-order valence-corrected chi connectivity index (χ0v) is 20.2. The normalized spacial score (nSPS) is 15.5. The van der Waals surface area contributed by atoms with E-state index in [4.69, 9.17) is 9.47 Å². The predicted octanol–water partition coefficient (Wildman–Crippen LogP) is 6.80. The van der Waals surface area contributed by atoms with Crippen molar-refractivity contribution in [3.8, 4) is 11.5 Å². The van der Waals surface area contributed by atoms with Gasteiger partial charge in [0.15, 0.2) is 0 Å². The van der Waals surface area contributed by atoms with E-state index in [1.165, 1.54) is 37.7 Å². The van der Waals surface area contributed by atoms with Crippen LogP contribution in [0.15, 0.2) is 42.5 Å². The van der Waals surface area contributed by atoms with Crippen LogP contribution in [0, 0.1) is 0 Å². The molecule has 2 aromatic rings. The van der Waals surface area contributed by atoms with Crippen LogP contribution < -0.4 is 14.8 Å². The molecular formula is C28H39NO3. The highest BCUT2D eigenvalue weighted by molar-refractivity contribution is 5.94. The van der Waals surface area contributed by atoms with Crippen LogP contribution in [0.2, 0.25) is 0 Å². The average molecular weight is 438 g/mol. The summed E-state index contributed by atoms with van der Waals surface area (Å²) >= 11 is 0. The monoisotopic (exact) mass is 437 g/mol. The van der Waals surface area contributed by atoms with Crippen molar-refractivity contribution >= 4 is 5.91 Å². The number of carbonyl (C=O) groups excluding carboxylic acids is 1. The third kappa shape index (κ3) is 7.01. The fourth-order valence-corrected chi connectivity index (χ4v) is 4.21. The van der Waals surface area contributed by atoms with Gasteiger partial charge in [-0.2, -0.15) is 0 Å². The molecule has 0 aromatic heterocycles. The number of rotatable bonds is 7. The van der Waals surface area contributed by atoms with E-state index in [0.717, 1.165) is 29.9 Å². The lowest BCUT2D eigenvalue weighted by Gasteiger charge is -2.21. The van der Waals surface area contributed by atoms with Gasteiger partial charge in [-0.15, -0.1) is 0 Å². The van der Waals surface area contributed by atoms with Gasteiger partial charge in [-0.25, -0.2) is 0 Å². The Bertz CT molecular complexity index is 859. The van der Waals surface area contributed by atoms with Gasteiger partial charge >= 0.3 is 0 Å². The van der Waals surface area contributed by atoms with Gasteiger partial charge in [0, 0.05) is 17.2 Å². The van der Waals surface area contributed by atoms with E-state index in [0.29, 0.717) is 18.8 Å². The Kier molecular flexibility index (Phi) is 8.60. The molecular weight excluding hydrogens is 398 g/mol. The van der Waals surface area contributed by atoms with Crippen molar-refractivity contribution in [3.63, 3.8) is 0 Å². The quantitative estimate of drug-likeness (QED) is 0.518. The van der Waals surface area contributed by atoms with Gasteiger partial charge in [-0.3, -0.25) is 4.79 Å². The molecule has 0 unspecified atom stereocenters. The first-order valence-corrected chi connectivity index (χ1v) is 12.2. The van der Waals surface area contributed by atoms with E-state index in [-0.39, 0.29) is 17.4 Å². The van der Waals surface area contributed by atoms with Crippen molar-refractivity contribution in [3.05, 3.63) is 59.2 Å². The van der Waals surface area contributed by atoms with Gasteiger partial charge in [-0.05, 0) is 61.1 Å². The topological polar surface area (TPSA) is 47.6 Å². The maximum absolute atomic E-state index is 12.9. The molecule has 1 saturated carbocycles. The number of nitrogens with one attached hydrogen (secondary N) is 1. The number of ether oxygens (including phenoxy) is 2. The summed E-state index contributed by atoms with van der Waals surface area (Å²) < 4.78 is 11.8. The Balaban J connectivity index is 1.68. The van der Waals surface area contributed by atoms with Gasteiger partial charge in [0.25, 0.3) is 5.91 Å². The average Bonchev–Trinajstić information content (AvgIpc) is 2.74. The fraction of sp³-hybridized carbons (Fsp3) is 0.536. The largest absolute Gasteiger partial charge is 0.493 e. The van der Waals surface area contributed by atoms with E-state index in [2.05, 4.69) is 38.2 Å². The summed E-state index contributed by atoms with van der Waals surface area (Å²) in [4.78, 5) is 12.9. The molecule has 0 bridgehead atoms. The molecule has 0 radical (unpaired) electrons. The highest BCUT2D eigenvalue weighted by Crippen LogP contribution is 2.26. The summed E-state index contributed by atoms with van der Waals surface area (Å²) in [7, 11) is 0. The molecule has 0 spiro atoms. The fourth-order valence-electron chi connectivity index (χ4n) is 4.21. The van der Waals surface area contributed by atoms with Crippen molar-refractivity contribution in [1.29, 1.82) is 0 Å². The molecule has 4 heteroatoms. The third-order valence-electron chi connectivity index (χ3n) is 6.18. The predicted molar refractivity (Wildman–Crippen MR) is 131 cm³/mol. The van der Waals surface area contributed by atoms with Crippen LogP contribution in [0.3, 0.4) is 0 Å². The van der Waals surface area contributed by atoms with Crippen molar-refractivity contribution in [1.82, 2.24) is 5.32 Å². The highest BCUT2D eigenvalue weighted by Gasteiger charge is 2.17. The summed E-state index contributed by atoms with van der Waals surface area (Å²) in [5.74, 6) is 1.57. The summed E-state index contributed by atoms with van der Waals surface area (Å²) in [6.45, 7) is 9.49. The van der Waals surface area contributed by atoms with Crippen molar-refractivity contribution in [2.45, 2.75) is 90.7 Å². The third-order valence-corrected chi connectivity index (χ3v) is 6.18. The van der Waals surface area contributed by atoms with Gasteiger partial charge in [0.05, 0.1) is 6.61 Å².